The Balaban J connectivity index is 1.45. The van der Waals surface area contributed by atoms with E-state index in [0.717, 1.165) is 12.8 Å². The quantitative estimate of drug-likeness (QED) is 0.347. The predicted molar refractivity (Wildman–Crippen MR) is 157 cm³/mol. The molecule has 4 atom stereocenters. The van der Waals surface area contributed by atoms with Gasteiger partial charge in [0.1, 0.15) is 0 Å². The van der Waals surface area contributed by atoms with E-state index in [9.17, 15) is 9.00 Å². The number of hydrogen-bond acceptors (Lipinski definition) is 4. The third kappa shape index (κ3) is 7.03. The lowest BCUT2D eigenvalue weighted by Gasteiger charge is -2.27. The lowest BCUT2D eigenvalue weighted by molar-refractivity contribution is -0.143. The van der Waals surface area contributed by atoms with E-state index in [1.165, 1.54) is 15.9 Å². The third-order valence-corrected chi connectivity index (χ3v) is 11.7. The third-order valence-electron chi connectivity index (χ3n) is 7.77. The Morgan fingerprint density at radius 3 is 2.08 bits per heavy atom. The number of carbonyl (C=O) groups excluding carboxylic acids is 1. The van der Waals surface area contributed by atoms with Crippen LogP contribution in [0.15, 0.2) is 54.6 Å². The van der Waals surface area contributed by atoms with Crippen LogP contribution < -0.4 is 15.1 Å². The summed E-state index contributed by atoms with van der Waals surface area (Å²) in [4.78, 5) is 12.4. The predicted octanol–water partition coefficient (Wildman–Crippen LogP) is 4.50. The Hall–Kier alpha value is -1.80. The summed E-state index contributed by atoms with van der Waals surface area (Å²) in [5.41, 5.74) is 1.44. The number of benzene rings is 2. The summed E-state index contributed by atoms with van der Waals surface area (Å²) in [6.07, 6.45) is 2.44. The Labute approximate surface area is 233 Å². The maximum atomic E-state index is 12.9. The van der Waals surface area contributed by atoms with Gasteiger partial charge < -0.3 is 9.16 Å². The minimum atomic E-state index is -1.39. The number of fused-ring (bicyclic) bond motifs is 1. The van der Waals surface area contributed by atoms with Crippen molar-refractivity contribution in [3.8, 4) is 0 Å². The van der Waals surface area contributed by atoms with Gasteiger partial charge in [0.05, 0.1) is 28.8 Å². The molecule has 38 heavy (non-hydrogen) atoms. The molecule has 4 rings (SSSR count). The summed E-state index contributed by atoms with van der Waals surface area (Å²) in [6, 6.07) is 19.5. The van der Waals surface area contributed by atoms with Crippen molar-refractivity contribution in [1.82, 2.24) is 4.72 Å². The second-order valence-corrected chi connectivity index (χ2v) is 16.8. The molecule has 2 aliphatic rings. The van der Waals surface area contributed by atoms with Crippen LogP contribution in [0.5, 0.6) is 0 Å². The fraction of sp³-hybridized carbons (Fsp3) is 0.581. The monoisotopic (exact) mass is 554 g/mol. The van der Waals surface area contributed by atoms with Gasteiger partial charge in [0.15, 0.2) is 0 Å². The van der Waals surface area contributed by atoms with Crippen LogP contribution in [0.4, 0.5) is 0 Å². The molecule has 7 heteroatoms. The van der Waals surface area contributed by atoms with Gasteiger partial charge in [-0.2, -0.15) is 0 Å². The summed E-state index contributed by atoms with van der Waals surface area (Å²) >= 11 is 0. The molecule has 2 aliphatic carbocycles. The summed E-state index contributed by atoms with van der Waals surface area (Å²) < 4.78 is 28.0. The summed E-state index contributed by atoms with van der Waals surface area (Å²) in [5.74, 6) is 1.10. The first-order chi connectivity index (χ1) is 17.9. The maximum absolute atomic E-state index is 12.9. The number of esters is 1. The number of rotatable bonds is 10. The van der Waals surface area contributed by atoms with Crippen molar-refractivity contribution in [1.29, 1.82) is 0 Å². The number of ether oxygens (including phenoxy) is 1. The van der Waals surface area contributed by atoms with Crippen LogP contribution in [0, 0.1) is 17.8 Å². The van der Waals surface area contributed by atoms with Gasteiger partial charge in [0.25, 0.3) is 9.04 Å². The fourth-order valence-electron chi connectivity index (χ4n) is 5.69. The zero-order valence-electron chi connectivity index (χ0n) is 24.0. The maximum Gasteiger partial charge on any atom is 0.307 e. The van der Waals surface area contributed by atoms with E-state index < -0.39 is 24.8 Å². The van der Waals surface area contributed by atoms with Crippen molar-refractivity contribution in [2.24, 2.45) is 17.8 Å². The first-order valence-electron chi connectivity index (χ1n) is 13.9. The van der Waals surface area contributed by atoms with Crippen LogP contribution in [-0.4, -0.2) is 42.7 Å². The molecule has 4 unspecified atom stereocenters. The molecule has 2 aromatic rings. The Kier molecular flexibility index (Phi) is 9.02. The zero-order chi connectivity index (χ0) is 27.7. The van der Waals surface area contributed by atoms with Gasteiger partial charge in [-0.3, -0.25) is 4.79 Å². The molecule has 1 N–H and O–H groups in total. The van der Waals surface area contributed by atoms with Gasteiger partial charge in [-0.15, -0.1) is 0 Å². The van der Waals surface area contributed by atoms with E-state index in [1.807, 2.05) is 27.7 Å². The van der Waals surface area contributed by atoms with E-state index in [1.54, 1.807) is 0 Å². The van der Waals surface area contributed by atoms with Gasteiger partial charge in [-0.05, 0) is 79.6 Å². The highest BCUT2D eigenvalue weighted by atomic mass is 32.2. The molecule has 2 aromatic carbocycles. The van der Waals surface area contributed by atoms with Crippen LogP contribution in [0.2, 0.25) is 0 Å². The summed E-state index contributed by atoms with van der Waals surface area (Å²) in [5, 5.41) is 2.54. The SMILES string of the molecule is CCOC(=O)CC(NS(=O)C(C)(C)C)C1C2CC(O[Si](c3ccccc3)c3ccc(C(C)(C)C)cc3)CC21. The largest absolute Gasteiger partial charge is 0.466 e. The average molecular weight is 555 g/mol. The topological polar surface area (TPSA) is 64.6 Å². The summed E-state index contributed by atoms with van der Waals surface area (Å²) in [7, 11) is -2.62. The number of nitrogens with one attached hydrogen (secondary N) is 1. The Morgan fingerprint density at radius 1 is 0.974 bits per heavy atom. The van der Waals surface area contributed by atoms with E-state index in [4.69, 9.17) is 9.16 Å². The van der Waals surface area contributed by atoms with E-state index in [2.05, 4.69) is 80.1 Å². The van der Waals surface area contributed by atoms with E-state index in [0.29, 0.717) is 24.4 Å². The minimum Gasteiger partial charge on any atom is -0.466 e. The molecule has 0 amide bonds. The number of carbonyl (C=O) groups is 1. The molecule has 2 fully saturated rings. The molecule has 0 aromatic heterocycles. The zero-order valence-corrected chi connectivity index (χ0v) is 25.8. The smallest absolute Gasteiger partial charge is 0.307 e. The molecular formula is C31H44NO4SSi. The molecule has 5 nitrogen and oxygen atoms in total. The molecule has 0 spiro atoms. The molecule has 0 saturated heterocycles. The first kappa shape index (κ1) is 29.2. The van der Waals surface area contributed by atoms with E-state index in [-0.39, 0.29) is 30.0 Å². The highest BCUT2D eigenvalue weighted by Crippen LogP contribution is 2.60. The van der Waals surface area contributed by atoms with Crippen molar-refractivity contribution in [3.63, 3.8) is 0 Å². The lowest BCUT2D eigenvalue weighted by Crippen LogP contribution is -2.47. The minimum absolute atomic E-state index is 0.117. The van der Waals surface area contributed by atoms with Crippen LogP contribution in [0.1, 0.15) is 73.3 Å². The molecule has 0 heterocycles. The molecule has 1 radical (unpaired) electrons. The van der Waals surface area contributed by atoms with Crippen molar-refractivity contribution < 1.29 is 18.2 Å². The first-order valence-corrected chi connectivity index (χ1v) is 16.5. The van der Waals surface area contributed by atoms with Gasteiger partial charge >= 0.3 is 5.97 Å². The standard InChI is InChI=1S/C31H44NO4SSi/c1-8-35-28(33)20-27(32-37(34)31(5,6)7)29-25-18-22(19-26(25)29)36-38(23-12-10-9-11-13-23)24-16-14-21(15-17-24)30(2,3)4/h9-17,22,25-27,29,32H,8,18-20H2,1-7H3. The molecule has 2 saturated carbocycles. The lowest BCUT2D eigenvalue weighted by atomic mass is 9.87. The molecule has 207 valence electrons. The van der Waals surface area contributed by atoms with Gasteiger partial charge in [0, 0.05) is 12.1 Å². The molecule has 0 bridgehead atoms. The Bertz CT molecular complexity index is 1100. The van der Waals surface area contributed by atoms with Crippen molar-refractivity contribution in [3.05, 3.63) is 60.2 Å². The van der Waals surface area contributed by atoms with Crippen molar-refractivity contribution in [2.75, 3.05) is 6.61 Å². The Morgan fingerprint density at radius 2 is 1.55 bits per heavy atom. The number of hydrogen-bond donors (Lipinski definition) is 1. The fourth-order valence-corrected chi connectivity index (χ4v) is 8.65. The molecular weight excluding hydrogens is 510 g/mol. The highest BCUT2D eigenvalue weighted by molar-refractivity contribution is 7.84. The second-order valence-electron chi connectivity index (χ2n) is 12.8. The van der Waals surface area contributed by atoms with E-state index >= 15 is 0 Å². The summed E-state index contributed by atoms with van der Waals surface area (Å²) in [6.45, 7) is 14.8. The van der Waals surface area contributed by atoms with Crippen LogP contribution in [0.25, 0.3) is 0 Å². The van der Waals surface area contributed by atoms with Crippen molar-refractivity contribution >= 4 is 36.4 Å². The van der Waals surface area contributed by atoms with Crippen LogP contribution in [0.3, 0.4) is 0 Å². The van der Waals surface area contributed by atoms with Crippen LogP contribution in [-0.2, 0) is 30.4 Å². The second kappa shape index (κ2) is 11.7. The highest BCUT2D eigenvalue weighted by Gasteiger charge is 2.60. The average Bonchev–Trinajstić information content (AvgIpc) is 3.35. The van der Waals surface area contributed by atoms with Gasteiger partial charge in [-0.25, -0.2) is 8.93 Å². The van der Waals surface area contributed by atoms with Crippen LogP contribution >= 0.6 is 0 Å². The van der Waals surface area contributed by atoms with Crippen molar-refractivity contribution in [2.45, 2.75) is 90.0 Å². The normalized spacial score (nSPS) is 24.6. The van der Waals surface area contributed by atoms with Gasteiger partial charge in [-0.1, -0.05) is 75.4 Å². The van der Waals surface area contributed by atoms with Gasteiger partial charge in [0.2, 0.25) is 0 Å². The molecule has 0 aliphatic heterocycles.